The van der Waals surface area contributed by atoms with E-state index in [0.717, 1.165) is 35.8 Å². The van der Waals surface area contributed by atoms with Crippen molar-refractivity contribution in [1.29, 1.82) is 0 Å². The molecule has 0 atom stereocenters. The minimum absolute atomic E-state index is 0.0965. The predicted octanol–water partition coefficient (Wildman–Crippen LogP) is 5.93. The molecule has 0 unspecified atom stereocenters. The molecule has 0 spiro atoms. The maximum atomic E-state index is 13.9. The van der Waals surface area contributed by atoms with Gasteiger partial charge >= 0.3 is 6.18 Å². The van der Waals surface area contributed by atoms with Gasteiger partial charge < -0.3 is 10.2 Å². The maximum Gasteiger partial charge on any atom is 0.416 e. The topological polar surface area (TPSA) is 48.5 Å². The van der Waals surface area contributed by atoms with Crippen LogP contribution in [0.15, 0.2) is 54.9 Å². The lowest BCUT2D eigenvalue weighted by atomic mass is 10.0. The van der Waals surface area contributed by atoms with Crippen LogP contribution in [0.3, 0.4) is 0 Å². The second kappa shape index (κ2) is 12.0. The number of alkyl halides is 3. The third-order valence-corrected chi connectivity index (χ3v) is 6.93. The van der Waals surface area contributed by atoms with Gasteiger partial charge in [-0.2, -0.15) is 13.2 Å². The van der Waals surface area contributed by atoms with E-state index in [2.05, 4.69) is 40.9 Å². The van der Waals surface area contributed by atoms with Crippen molar-refractivity contribution >= 4 is 11.6 Å². The number of carbonyl (C=O) groups is 1. The highest BCUT2D eigenvalue weighted by Gasteiger charge is 2.34. The second-order valence-electron chi connectivity index (χ2n) is 10.3. The molecule has 204 valence electrons. The summed E-state index contributed by atoms with van der Waals surface area (Å²) in [6, 6.07) is 11.1. The number of piperazine rings is 1. The first kappa shape index (κ1) is 28.3. The zero-order valence-corrected chi connectivity index (χ0v) is 22.7. The molecule has 39 heavy (non-hydrogen) atoms. The van der Waals surface area contributed by atoms with Gasteiger partial charge in [0.05, 0.1) is 5.56 Å². The molecule has 0 radical (unpaired) electrons. The lowest BCUT2D eigenvalue weighted by molar-refractivity contribution is -0.138. The number of nitrogens with one attached hydrogen (secondary N) is 1. The Balaban J connectivity index is 1.53. The van der Waals surface area contributed by atoms with Gasteiger partial charge in [0.25, 0.3) is 5.91 Å². The van der Waals surface area contributed by atoms with Gasteiger partial charge in [-0.25, -0.2) is 0 Å². The van der Waals surface area contributed by atoms with Crippen molar-refractivity contribution in [3.05, 3.63) is 93.8 Å². The molecule has 1 aromatic heterocycles. The van der Waals surface area contributed by atoms with Crippen LogP contribution < -0.4 is 5.32 Å². The van der Waals surface area contributed by atoms with Crippen molar-refractivity contribution in [2.45, 2.75) is 39.4 Å². The molecule has 2 heterocycles. The van der Waals surface area contributed by atoms with E-state index in [4.69, 9.17) is 0 Å². The van der Waals surface area contributed by atoms with E-state index in [1.807, 2.05) is 31.1 Å². The highest BCUT2D eigenvalue weighted by atomic mass is 19.4. The van der Waals surface area contributed by atoms with Crippen LogP contribution in [-0.2, 0) is 12.7 Å². The summed E-state index contributed by atoms with van der Waals surface area (Å²) in [6.07, 6.45) is -1.03. The molecular weight excluding hydrogens is 501 g/mol. The van der Waals surface area contributed by atoms with Crippen molar-refractivity contribution < 1.29 is 18.0 Å². The van der Waals surface area contributed by atoms with Crippen LogP contribution in [0.5, 0.6) is 0 Å². The summed E-state index contributed by atoms with van der Waals surface area (Å²) < 4.78 is 41.8. The SMILES string of the molecule is Cc1ccc(C(=O)Nc2ccc(CN3CCN(C)CC3)c(C(F)(F)F)c2)cc1C#Cc1cncc(C(C)C)c1. The number of hydrogen-bond acceptors (Lipinski definition) is 4. The highest BCUT2D eigenvalue weighted by Crippen LogP contribution is 2.34. The van der Waals surface area contributed by atoms with Crippen molar-refractivity contribution in [2.24, 2.45) is 0 Å². The van der Waals surface area contributed by atoms with Crippen LogP contribution in [0.1, 0.15) is 63.5 Å². The van der Waals surface area contributed by atoms with Crippen molar-refractivity contribution in [3.63, 3.8) is 0 Å². The monoisotopic (exact) mass is 534 g/mol. The smallest absolute Gasteiger partial charge is 0.322 e. The van der Waals surface area contributed by atoms with E-state index >= 15 is 0 Å². The molecular formula is C31H33F3N4O. The molecule has 1 aliphatic rings. The summed E-state index contributed by atoms with van der Waals surface area (Å²) in [5.74, 6) is 6.04. The fraction of sp³-hybridized carbons (Fsp3) is 0.355. The van der Waals surface area contributed by atoms with Crippen LogP contribution >= 0.6 is 0 Å². The number of anilines is 1. The average molecular weight is 535 g/mol. The molecule has 0 bridgehead atoms. The first-order chi connectivity index (χ1) is 18.5. The van der Waals surface area contributed by atoms with E-state index < -0.39 is 17.6 Å². The Labute approximate surface area is 228 Å². The largest absolute Gasteiger partial charge is 0.416 e. The molecule has 2 aromatic carbocycles. The van der Waals surface area contributed by atoms with Crippen LogP contribution in [0.2, 0.25) is 0 Å². The van der Waals surface area contributed by atoms with Crippen molar-refractivity contribution in [3.8, 4) is 11.8 Å². The Morgan fingerprint density at radius 2 is 1.77 bits per heavy atom. The quantitative estimate of drug-likeness (QED) is 0.412. The van der Waals surface area contributed by atoms with Crippen molar-refractivity contribution in [2.75, 3.05) is 38.5 Å². The number of pyridine rings is 1. The lowest BCUT2D eigenvalue weighted by Gasteiger charge is -2.33. The Bertz CT molecular complexity index is 1400. The van der Waals surface area contributed by atoms with Crippen LogP contribution in [0.4, 0.5) is 18.9 Å². The zero-order chi connectivity index (χ0) is 28.2. The molecule has 1 aliphatic heterocycles. The van der Waals surface area contributed by atoms with Gasteiger partial charge in [-0.05, 0) is 66.9 Å². The summed E-state index contributed by atoms with van der Waals surface area (Å²) in [5.41, 5.74) is 3.29. The van der Waals surface area contributed by atoms with Gasteiger partial charge in [-0.15, -0.1) is 0 Å². The number of likely N-dealkylation sites (N-methyl/N-ethyl adjacent to an activating group) is 1. The van der Waals surface area contributed by atoms with Gasteiger partial charge in [0.1, 0.15) is 0 Å². The standard InChI is InChI=1S/C31H33F3N4O/c1-21(2)27-15-23(18-35-19-27)6-8-24-16-25(7-5-22(24)3)30(39)36-28-10-9-26(29(17-28)31(32,33)34)20-38-13-11-37(4)12-14-38/h5,7,9-10,15-19,21H,11-14,20H2,1-4H3,(H,36,39). The Hall–Kier alpha value is -3.67. The molecule has 1 amide bonds. The highest BCUT2D eigenvalue weighted by molar-refractivity contribution is 6.04. The van der Waals surface area contributed by atoms with E-state index in [-0.39, 0.29) is 17.8 Å². The minimum atomic E-state index is -4.53. The van der Waals surface area contributed by atoms with Crippen molar-refractivity contribution in [1.82, 2.24) is 14.8 Å². The first-order valence-corrected chi connectivity index (χ1v) is 13.0. The number of nitrogens with zero attached hydrogens (tertiary/aromatic N) is 3. The van der Waals surface area contributed by atoms with E-state index in [1.165, 1.54) is 12.1 Å². The molecule has 3 aromatic rings. The molecule has 0 aliphatic carbocycles. The van der Waals surface area contributed by atoms with Gasteiger partial charge in [0, 0.05) is 67.5 Å². The summed E-state index contributed by atoms with van der Waals surface area (Å²) in [5, 5.41) is 2.63. The molecule has 8 heteroatoms. The number of aromatic nitrogens is 1. The van der Waals surface area contributed by atoms with E-state index in [0.29, 0.717) is 30.1 Å². The summed E-state index contributed by atoms with van der Waals surface area (Å²) >= 11 is 0. The minimum Gasteiger partial charge on any atom is -0.322 e. The predicted molar refractivity (Wildman–Crippen MR) is 148 cm³/mol. The summed E-state index contributed by atoms with van der Waals surface area (Å²) in [6.45, 7) is 9.34. The Kier molecular flexibility index (Phi) is 8.73. The molecule has 1 saturated heterocycles. The number of carbonyl (C=O) groups excluding carboxylic acids is 1. The van der Waals surface area contributed by atoms with Gasteiger partial charge in [0.2, 0.25) is 0 Å². The fourth-order valence-corrected chi connectivity index (χ4v) is 4.39. The Morgan fingerprint density at radius 1 is 1.03 bits per heavy atom. The van der Waals surface area contributed by atoms with Crippen LogP contribution in [0.25, 0.3) is 0 Å². The van der Waals surface area contributed by atoms with Crippen LogP contribution in [-0.4, -0.2) is 53.9 Å². The molecule has 0 saturated carbocycles. The molecule has 1 fully saturated rings. The summed E-state index contributed by atoms with van der Waals surface area (Å²) in [7, 11) is 2.00. The molecule has 4 rings (SSSR count). The van der Waals surface area contributed by atoms with E-state index in [9.17, 15) is 18.0 Å². The van der Waals surface area contributed by atoms with Gasteiger partial charge in [-0.1, -0.05) is 37.8 Å². The number of hydrogen-bond donors (Lipinski definition) is 1. The average Bonchev–Trinajstić information content (AvgIpc) is 2.90. The summed E-state index contributed by atoms with van der Waals surface area (Å²) in [4.78, 5) is 21.4. The second-order valence-corrected chi connectivity index (χ2v) is 10.3. The third kappa shape index (κ3) is 7.47. The first-order valence-electron chi connectivity index (χ1n) is 13.0. The normalized spacial score (nSPS) is 14.7. The number of rotatable bonds is 5. The number of benzene rings is 2. The van der Waals surface area contributed by atoms with E-state index in [1.54, 1.807) is 24.4 Å². The van der Waals surface area contributed by atoms with Crippen LogP contribution in [0, 0.1) is 18.8 Å². The number of halogens is 3. The molecule has 1 N–H and O–H groups in total. The zero-order valence-electron chi connectivity index (χ0n) is 22.7. The fourth-order valence-electron chi connectivity index (χ4n) is 4.39. The van der Waals surface area contributed by atoms with Gasteiger partial charge in [0.15, 0.2) is 0 Å². The molecule has 5 nitrogen and oxygen atoms in total. The lowest BCUT2D eigenvalue weighted by Crippen LogP contribution is -2.44. The maximum absolute atomic E-state index is 13.9. The Morgan fingerprint density at radius 3 is 2.46 bits per heavy atom. The third-order valence-electron chi connectivity index (χ3n) is 6.93. The number of aryl methyl sites for hydroxylation is 1. The van der Waals surface area contributed by atoms with Gasteiger partial charge in [-0.3, -0.25) is 14.7 Å². The number of amides is 1.